The molecule has 1 aromatic rings. The molecule has 0 saturated carbocycles. The summed E-state index contributed by atoms with van der Waals surface area (Å²) in [5.74, 6) is -0.525. The summed E-state index contributed by atoms with van der Waals surface area (Å²) >= 11 is 0. The quantitative estimate of drug-likeness (QED) is 0.785. The van der Waals surface area contributed by atoms with Crippen LogP contribution in [-0.2, 0) is 19.0 Å². The highest BCUT2D eigenvalue weighted by Crippen LogP contribution is 2.39. The van der Waals surface area contributed by atoms with Gasteiger partial charge in [-0.2, -0.15) is 0 Å². The Hall–Kier alpha value is -2.50. The van der Waals surface area contributed by atoms with Crippen LogP contribution < -0.4 is 0 Å². The fraction of sp³-hybridized carbons (Fsp3) is 0.474. The van der Waals surface area contributed by atoms with E-state index in [1.807, 2.05) is 44.2 Å². The summed E-state index contributed by atoms with van der Waals surface area (Å²) in [6.07, 6.45) is 1.56. The number of hydrogen-bond donors (Lipinski definition) is 0. The molecule has 6 nitrogen and oxygen atoms in total. The summed E-state index contributed by atoms with van der Waals surface area (Å²) in [7, 11) is 1.32. The summed E-state index contributed by atoms with van der Waals surface area (Å²) in [5, 5.41) is 0. The van der Waals surface area contributed by atoms with Crippen molar-refractivity contribution in [1.29, 1.82) is 0 Å². The first-order valence-corrected chi connectivity index (χ1v) is 8.53. The summed E-state index contributed by atoms with van der Waals surface area (Å²) in [5.41, 5.74) is 1.06. The number of benzene rings is 1. The van der Waals surface area contributed by atoms with Crippen molar-refractivity contribution < 1.29 is 23.8 Å². The third-order valence-corrected chi connectivity index (χ3v) is 4.91. The molecule has 6 heteroatoms. The molecule has 0 N–H and O–H groups in total. The van der Waals surface area contributed by atoms with Crippen molar-refractivity contribution in [2.45, 2.75) is 38.5 Å². The molecule has 3 rings (SSSR count). The largest absolute Gasteiger partial charge is 0.463 e. The van der Waals surface area contributed by atoms with E-state index in [9.17, 15) is 9.59 Å². The van der Waals surface area contributed by atoms with Crippen molar-refractivity contribution in [3.63, 3.8) is 0 Å². The number of nitrogens with zero attached hydrogens (tertiary/aromatic N) is 1. The Balaban J connectivity index is 1.98. The third-order valence-electron chi connectivity index (χ3n) is 4.91. The molecule has 0 radical (unpaired) electrons. The number of hydrogen-bond acceptors (Lipinski definition) is 5. The zero-order valence-electron chi connectivity index (χ0n) is 14.7. The molecule has 4 atom stereocenters. The number of carbonyl (C=O) groups excluding carboxylic acids is 2. The number of esters is 1. The van der Waals surface area contributed by atoms with Gasteiger partial charge >= 0.3 is 12.1 Å². The molecule has 1 fully saturated rings. The number of ether oxygens (including phenoxy) is 3. The zero-order valence-corrected chi connectivity index (χ0v) is 14.7. The SMILES string of the molecule is CC[C@@H]1COC(=O)N1[C@@H]1OC(C(=O)OC)=C[C@H](c2ccccc2)[C@H]1C. The molecule has 1 aromatic carbocycles. The predicted octanol–water partition coefficient (Wildman–Crippen LogP) is 3.05. The van der Waals surface area contributed by atoms with Gasteiger partial charge in [0.25, 0.3) is 0 Å². The van der Waals surface area contributed by atoms with Crippen molar-refractivity contribution >= 4 is 12.1 Å². The van der Waals surface area contributed by atoms with E-state index in [1.54, 1.807) is 11.0 Å². The minimum Gasteiger partial charge on any atom is -0.463 e. The molecular weight excluding hydrogens is 322 g/mol. The highest BCUT2D eigenvalue weighted by molar-refractivity contribution is 5.86. The molecule has 1 saturated heterocycles. The van der Waals surface area contributed by atoms with Crippen LogP contribution in [0.2, 0.25) is 0 Å². The van der Waals surface area contributed by atoms with Crippen LogP contribution in [0.3, 0.4) is 0 Å². The molecule has 0 spiro atoms. The molecule has 0 bridgehead atoms. The first-order valence-electron chi connectivity index (χ1n) is 8.53. The maximum absolute atomic E-state index is 12.3. The summed E-state index contributed by atoms with van der Waals surface area (Å²) in [6.45, 7) is 4.36. The molecule has 2 aliphatic rings. The van der Waals surface area contributed by atoms with Crippen LogP contribution in [0.5, 0.6) is 0 Å². The van der Waals surface area contributed by atoms with Gasteiger partial charge < -0.3 is 14.2 Å². The van der Waals surface area contributed by atoms with Crippen LogP contribution in [0.15, 0.2) is 42.2 Å². The molecule has 0 aromatic heterocycles. The molecule has 25 heavy (non-hydrogen) atoms. The second kappa shape index (κ2) is 7.17. The molecule has 0 unspecified atom stereocenters. The number of rotatable bonds is 4. The lowest BCUT2D eigenvalue weighted by atomic mass is 9.83. The van der Waals surface area contributed by atoms with Crippen LogP contribution in [0, 0.1) is 5.92 Å². The Labute approximate surface area is 147 Å². The number of carbonyl (C=O) groups is 2. The monoisotopic (exact) mass is 345 g/mol. The molecule has 0 aliphatic carbocycles. The Kier molecular flexibility index (Phi) is 4.97. The molecular formula is C19H23NO5. The second-order valence-corrected chi connectivity index (χ2v) is 6.37. The lowest BCUT2D eigenvalue weighted by Crippen LogP contribution is -2.50. The van der Waals surface area contributed by atoms with E-state index in [1.165, 1.54) is 7.11 Å². The standard InChI is InChI=1S/C19H23NO5/c1-4-14-11-24-19(22)20(14)17-12(2)15(13-8-6-5-7-9-13)10-16(25-17)18(21)23-3/h5-10,12,14-15,17H,4,11H2,1-3H3/t12-,14-,15+,17-/m1/s1. The van der Waals surface area contributed by atoms with Crippen LogP contribution in [-0.4, -0.2) is 42.9 Å². The van der Waals surface area contributed by atoms with Gasteiger partial charge in [-0.1, -0.05) is 44.2 Å². The van der Waals surface area contributed by atoms with Gasteiger partial charge in [-0.25, -0.2) is 9.59 Å². The van der Waals surface area contributed by atoms with Crippen LogP contribution >= 0.6 is 0 Å². The third kappa shape index (κ3) is 3.21. The average molecular weight is 345 g/mol. The lowest BCUT2D eigenvalue weighted by molar-refractivity contribution is -0.146. The number of amides is 1. The van der Waals surface area contributed by atoms with Gasteiger partial charge in [-0.3, -0.25) is 4.90 Å². The van der Waals surface area contributed by atoms with E-state index in [0.717, 1.165) is 12.0 Å². The van der Waals surface area contributed by atoms with Crippen molar-refractivity contribution in [2.24, 2.45) is 5.92 Å². The van der Waals surface area contributed by atoms with E-state index >= 15 is 0 Å². The van der Waals surface area contributed by atoms with E-state index in [2.05, 4.69) is 0 Å². The molecule has 2 heterocycles. The van der Waals surface area contributed by atoms with Gasteiger partial charge in [0, 0.05) is 11.8 Å². The Morgan fingerprint density at radius 1 is 1.32 bits per heavy atom. The zero-order chi connectivity index (χ0) is 18.0. The Bertz CT molecular complexity index is 672. The van der Waals surface area contributed by atoms with Gasteiger partial charge in [-0.15, -0.1) is 0 Å². The summed E-state index contributed by atoms with van der Waals surface area (Å²) in [4.78, 5) is 26.0. The van der Waals surface area contributed by atoms with Crippen LogP contribution in [0.4, 0.5) is 4.79 Å². The molecule has 1 amide bonds. The number of methoxy groups -OCH3 is 1. The second-order valence-electron chi connectivity index (χ2n) is 6.37. The highest BCUT2D eigenvalue weighted by atomic mass is 16.6. The van der Waals surface area contributed by atoms with Crippen LogP contribution in [0.1, 0.15) is 31.7 Å². The summed E-state index contributed by atoms with van der Waals surface area (Å²) in [6, 6.07) is 9.81. The van der Waals surface area contributed by atoms with Crippen molar-refractivity contribution in [3.8, 4) is 0 Å². The minimum atomic E-state index is -0.579. The predicted molar refractivity (Wildman–Crippen MR) is 90.6 cm³/mol. The van der Waals surface area contributed by atoms with Gasteiger partial charge in [0.05, 0.1) is 13.2 Å². The van der Waals surface area contributed by atoms with Gasteiger partial charge in [0.1, 0.15) is 6.61 Å². The Morgan fingerprint density at radius 2 is 2.04 bits per heavy atom. The van der Waals surface area contributed by atoms with E-state index in [-0.39, 0.29) is 23.6 Å². The van der Waals surface area contributed by atoms with Gasteiger partial charge in [0.15, 0.2) is 6.23 Å². The number of allylic oxidation sites excluding steroid dienone is 1. The fourth-order valence-electron chi connectivity index (χ4n) is 3.47. The van der Waals surface area contributed by atoms with Crippen molar-refractivity contribution in [3.05, 3.63) is 47.7 Å². The average Bonchev–Trinajstić information content (AvgIpc) is 3.02. The maximum atomic E-state index is 12.3. The fourth-order valence-corrected chi connectivity index (χ4v) is 3.47. The normalized spacial score (nSPS) is 28.8. The van der Waals surface area contributed by atoms with E-state index in [0.29, 0.717) is 6.61 Å². The maximum Gasteiger partial charge on any atom is 0.413 e. The molecule has 134 valence electrons. The topological polar surface area (TPSA) is 65.1 Å². The minimum absolute atomic E-state index is 0.0458. The van der Waals surface area contributed by atoms with Crippen molar-refractivity contribution in [2.75, 3.05) is 13.7 Å². The smallest absolute Gasteiger partial charge is 0.413 e. The van der Waals surface area contributed by atoms with Crippen LogP contribution in [0.25, 0.3) is 0 Å². The van der Waals surface area contributed by atoms with E-state index < -0.39 is 18.3 Å². The van der Waals surface area contributed by atoms with E-state index in [4.69, 9.17) is 14.2 Å². The summed E-state index contributed by atoms with van der Waals surface area (Å²) < 4.78 is 15.9. The Morgan fingerprint density at radius 3 is 2.68 bits per heavy atom. The first-order chi connectivity index (χ1) is 12.1. The first kappa shape index (κ1) is 17.3. The number of cyclic esters (lactones) is 1. The lowest BCUT2D eigenvalue weighted by Gasteiger charge is -2.40. The van der Waals surface area contributed by atoms with Gasteiger partial charge in [0.2, 0.25) is 5.76 Å². The van der Waals surface area contributed by atoms with Crippen molar-refractivity contribution in [1.82, 2.24) is 4.90 Å². The highest BCUT2D eigenvalue weighted by Gasteiger charge is 2.46. The van der Waals surface area contributed by atoms with Gasteiger partial charge in [-0.05, 0) is 18.1 Å². The molecule has 2 aliphatic heterocycles.